The maximum absolute atomic E-state index is 8.56. The Balaban J connectivity index is -0.00000000450. The predicted molar refractivity (Wildman–Crippen MR) is 27.8 cm³/mol. The van der Waals surface area contributed by atoms with Gasteiger partial charge in [-0.2, -0.15) is 0 Å². The molecule has 0 heterocycles. The van der Waals surface area contributed by atoms with Crippen LogP contribution in [0.4, 0.5) is 4.79 Å². The molecule has 0 aromatic carbocycles. The summed E-state index contributed by atoms with van der Waals surface area (Å²) in [5.74, 6) is 0. The number of carbonyl (C=O) groups is 1. The van der Waals surface area contributed by atoms with Crippen molar-refractivity contribution in [2.24, 2.45) is 0 Å². The molecule has 0 aromatic heterocycles. The van der Waals surface area contributed by atoms with Crippen molar-refractivity contribution in [3.63, 3.8) is 0 Å². The summed E-state index contributed by atoms with van der Waals surface area (Å²) < 4.78 is 0. The molecule has 9 heavy (non-hydrogen) atoms. The maximum atomic E-state index is 8.56. The summed E-state index contributed by atoms with van der Waals surface area (Å²) in [5, 5.41) is 13.9. The number of hydrogen-bond acceptors (Lipinski definition) is 1. The molecule has 0 aliphatic heterocycles. The largest absolute Gasteiger partial charge is 0.503 e. The van der Waals surface area contributed by atoms with Crippen molar-refractivity contribution in [3.05, 3.63) is 0 Å². The molecule has 0 amide bonds. The van der Waals surface area contributed by atoms with Crippen molar-refractivity contribution < 1.29 is 62.5 Å². The third kappa shape index (κ3) is 558. The van der Waals surface area contributed by atoms with Crippen LogP contribution in [0.15, 0.2) is 0 Å². The average molecular weight is 257 g/mol. The molecule has 1 radical (unpaired) electrons. The van der Waals surface area contributed by atoms with Crippen LogP contribution >= 0.6 is 0 Å². The quantitative estimate of drug-likeness (QED) is 0.462. The van der Waals surface area contributed by atoms with Crippen LogP contribution in [0.5, 0.6) is 0 Å². The Kier molecular flexibility index (Phi) is 212. The first-order valence-electron chi connectivity index (χ1n) is 0.651. The normalized spacial score (nSPS) is 2.67. The molecule has 0 saturated heterocycles. The van der Waals surface area contributed by atoms with E-state index in [1.807, 2.05) is 0 Å². The van der Waals surface area contributed by atoms with E-state index in [1.54, 1.807) is 0 Å². The summed E-state index contributed by atoms with van der Waals surface area (Å²) in [4.78, 5) is 8.56. The van der Waals surface area contributed by atoms with Gasteiger partial charge in [0.15, 0.2) is 17.4 Å². The maximum Gasteiger partial charge on any atom is 0.503 e. The van der Waals surface area contributed by atoms with E-state index in [1.165, 1.54) is 0 Å². The summed E-state index contributed by atoms with van der Waals surface area (Å²) in [6, 6.07) is 0. The Bertz CT molecular complexity index is 39.9. The molecule has 8 heteroatoms. The molecule has 0 bridgehead atoms. The van der Waals surface area contributed by atoms with E-state index >= 15 is 0 Å². The van der Waals surface area contributed by atoms with E-state index in [-0.39, 0.29) is 64.9 Å². The second kappa shape index (κ2) is 36.7. The minimum Gasteiger partial charge on any atom is -0.450 e. The Morgan fingerprint density at radius 1 is 1.11 bits per heavy atom. The van der Waals surface area contributed by atoms with Gasteiger partial charge in [0.2, 0.25) is 0 Å². The molecule has 0 fully saturated rings. The van der Waals surface area contributed by atoms with Gasteiger partial charge in [0, 0.05) is 36.5 Å². The summed E-state index contributed by atoms with van der Waals surface area (Å²) in [6.45, 7) is 0. The van der Waals surface area contributed by atoms with Gasteiger partial charge in [-0.25, -0.2) is 4.79 Å². The number of hydrogen-bond donors (Lipinski definition) is 2. The van der Waals surface area contributed by atoms with Crippen LogP contribution in [-0.2, 0) is 36.5 Å². The van der Waals surface area contributed by atoms with Crippen molar-refractivity contribution in [3.8, 4) is 0 Å². The fourth-order valence-corrected chi connectivity index (χ4v) is 0. The third-order valence-corrected chi connectivity index (χ3v) is 0. The van der Waals surface area contributed by atoms with Crippen LogP contribution in [0.1, 0.15) is 0 Å². The Morgan fingerprint density at radius 3 is 1.11 bits per heavy atom. The van der Waals surface area contributed by atoms with Crippen molar-refractivity contribution >= 4 is 23.5 Å². The molecule has 0 rings (SSSR count). The van der Waals surface area contributed by atoms with Crippen molar-refractivity contribution in [1.29, 1.82) is 0 Å². The van der Waals surface area contributed by atoms with Gasteiger partial charge in [-0.05, 0) is 0 Å². The summed E-state index contributed by atoms with van der Waals surface area (Å²) in [5.41, 5.74) is 0. The molecule has 6 N–H and O–H groups in total. The predicted octanol–water partition coefficient (Wildman–Crippen LogP) is -2.62. The van der Waals surface area contributed by atoms with Crippen LogP contribution in [0.3, 0.4) is 0 Å². The molecular formula is CH9AlCuO5Zn. The van der Waals surface area contributed by atoms with Crippen LogP contribution in [0.2, 0.25) is 0 Å². The van der Waals surface area contributed by atoms with E-state index < -0.39 is 6.16 Å². The van der Waals surface area contributed by atoms with Crippen LogP contribution in [0.25, 0.3) is 0 Å². The number of carboxylic acid groups (broad SMARTS) is 2. The SMILES string of the molecule is O.O.O=C(O)O.[AlH3].[Cu].[Zn]. The monoisotopic (exact) mass is 255 g/mol. The minimum absolute atomic E-state index is 0. The standard InChI is InChI=1S/CH2O3.Al.Cu.2H2O.Zn.3H/c2-1(3)4;;;;;;;;/h(H2,2,3,4);;;2*1H2;;;;. The zero-order chi connectivity index (χ0) is 3.58. The Hall–Kier alpha value is 0.865. The number of rotatable bonds is 0. The average Bonchev–Trinajstić information content (AvgIpc) is 0.811. The van der Waals surface area contributed by atoms with Gasteiger partial charge < -0.3 is 21.2 Å². The first-order chi connectivity index (χ1) is 1.73. The molecule has 0 saturated carbocycles. The first-order valence-corrected chi connectivity index (χ1v) is 0.651. The van der Waals surface area contributed by atoms with E-state index in [0.717, 1.165) is 0 Å². The molecule has 0 aliphatic rings. The van der Waals surface area contributed by atoms with Gasteiger partial charge in [0.25, 0.3) is 0 Å². The second-order valence-corrected chi connectivity index (χ2v) is 0.283. The smallest absolute Gasteiger partial charge is 0.450 e. The summed E-state index contributed by atoms with van der Waals surface area (Å²) >= 11 is 0. The van der Waals surface area contributed by atoms with E-state index in [4.69, 9.17) is 15.0 Å². The fourth-order valence-electron chi connectivity index (χ4n) is 0. The molecule has 0 atom stereocenters. The third-order valence-electron chi connectivity index (χ3n) is 0. The molecule has 0 aromatic rings. The van der Waals surface area contributed by atoms with Crippen LogP contribution < -0.4 is 0 Å². The Labute approximate surface area is 85.8 Å². The topological polar surface area (TPSA) is 121 Å². The molecule has 5 nitrogen and oxygen atoms in total. The molecule has 0 aliphatic carbocycles. The Morgan fingerprint density at radius 2 is 1.11 bits per heavy atom. The molecular weight excluding hydrogens is 248 g/mol. The first kappa shape index (κ1) is 51.9. The van der Waals surface area contributed by atoms with E-state index in [2.05, 4.69) is 0 Å². The summed E-state index contributed by atoms with van der Waals surface area (Å²) in [6.07, 6.45) is -1.83. The minimum atomic E-state index is -1.83. The van der Waals surface area contributed by atoms with Gasteiger partial charge in [-0.15, -0.1) is 0 Å². The zero-order valence-corrected chi connectivity index (χ0v) is 7.72. The van der Waals surface area contributed by atoms with Gasteiger partial charge in [0.05, 0.1) is 0 Å². The van der Waals surface area contributed by atoms with Crippen molar-refractivity contribution in [2.45, 2.75) is 0 Å². The summed E-state index contributed by atoms with van der Waals surface area (Å²) in [7, 11) is 0. The van der Waals surface area contributed by atoms with E-state index in [0.29, 0.717) is 0 Å². The van der Waals surface area contributed by atoms with Crippen molar-refractivity contribution in [1.82, 2.24) is 0 Å². The van der Waals surface area contributed by atoms with Crippen LogP contribution in [0, 0.1) is 0 Å². The molecule has 0 unspecified atom stereocenters. The fraction of sp³-hybridized carbons (Fsp3) is 0. The van der Waals surface area contributed by atoms with E-state index in [9.17, 15) is 0 Å². The zero-order valence-electron chi connectivity index (χ0n) is 3.81. The van der Waals surface area contributed by atoms with Gasteiger partial charge in [-0.1, -0.05) is 0 Å². The second-order valence-electron chi connectivity index (χ2n) is 0.283. The van der Waals surface area contributed by atoms with Gasteiger partial charge >= 0.3 is 6.16 Å². The molecule has 59 valence electrons. The van der Waals surface area contributed by atoms with Crippen molar-refractivity contribution in [2.75, 3.05) is 0 Å². The molecule has 0 spiro atoms. The van der Waals surface area contributed by atoms with Gasteiger partial charge in [-0.3, -0.25) is 0 Å². The van der Waals surface area contributed by atoms with Crippen LogP contribution in [-0.4, -0.2) is 44.7 Å². The van der Waals surface area contributed by atoms with Gasteiger partial charge in [0.1, 0.15) is 0 Å².